The number of nitrogens with two attached hydrogens (primary N) is 1. The van der Waals surface area contributed by atoms with Crippen molar-refractivity contribution in [1.82, 2.24) is 5.43 Å². The molecule has 0 spiro atoms. The summed E-state index contributed by atoms with van der Waals surface area (Å²) in [5, 5.41) is 42.4. The van der Waals surface area contributed by atoms with Gasteiger partial charge in [0.05, 0.1) is 12.8 Å². The average Bonchev–Trinajstić information content (AvgIpc) is 2.54. The monoisotopic (exact) mass is 325 g/mol. The highest BCUT2D eigenvalue weighted by atomic mass is 16.5. The number of primary amides is 1. The molecule has 23 heavy (non-hydrogen) atoms. The number of amides is 2. The number of rotatable bonds is 4. The van der Waals surface area contributed by atoms with Crippen molar-refractivity contribution >= 4 is 12.2 Å². The van der Waals surface area contributed by atoms with Gasteiger partial charge in [-0.15, -0.1) is 0 Å². The van der Waals surface area contributed by atoms with Gasteiger partial charge in [0.15, 0.2) is 0 Å². The van der Waals surface area contributed by atoms with Crippen molar-refractivity contribution in [3.8, 4) is 0 Å². The number of ether oxygens (including phenoxy) is 1. The molecule has 0 aromatic heterocycles. The number of hydrogen-bond acceptors (Lipinski definition) is 7. The predicted molar refractivity (Wildman–Crippen MR) is 79.5 cm³/mol. The number of nitrogens with zero attached hydrogens (tertiary/aromatic N) is 1. The molecule has 2 amide bonds. The molecule has 1 heterocycles. The normalized spacial score (nSPS) is 31.2. The van der Waals surface area contributed by atoms with Gasteiger partial charge in [0, 0.05) is 0 Å². The van der Waals surface area contributed by atoms with Crippen LogP contribution < -0.4 is 11.2 Å². The third-order valence-electron chi connectivity index (χ3n) is 3.55. The van der Waals surface area contributed by atoms with Crippen LogP contribution in [0.2, 0.25) is 0 Å². The maximum Gasteiger partial charge on any atom is 0.332 e. The second-order valence-electron chi connectivity index (χ2n) is 5.15. The van der Waals surface area contributed by atoms with Crippen molar-refractivity contribution in [2.45, 2.75) is 30.5 Å². The Morgan fingerprint density at radius 2 is 1.87 bits per heavy atom. The Morgan fingerprint density at radius 3 is 2.43 bits per heavy atom. The Kier molecular flexibility index (Phi) is 5.64. The number of aliphatic hydroxyl groups excluding tert-OH is 4. The number of urea groups is 1. The van der Waals surface area contributed by atoms with Crippen LogP contribution in [-0.4, -0.2) is 63.7 Å². The third kappa shape index (κ3) is 4.03. The zero-order chi connectivity index (χ0) is 17.0. The minimum absolute atomic E-state index is 0.481. The topological polar surface area (TPSA) is 158 Å². The molecule has 1 aromatic rings. The van der Waals surface area contributed by atoms with E-state index in [1.807, 2.05) is 0 Å². The Morgan fingerprint density at radius 1 is 1.22 bits per heavy atom. The van der Waals surface area contributed by atoms with Crippen LogP contribution in [0.25, 0.3) is 0 Å². The highest BCUT2D eigenvalue weighted by Gasteiger charge is 2.43. The van der Waals surface area contributed by atoms with E-state index in [9.17, 15) is 25.2 Å². The molecule has 0 bridgehead atoms. The van der Waals surface area contributed by atoms with Crippen LogP contribution in [0.1, 0.15) is 17.2 Å². The van der Waals surface area contributed by atoms with E-state index >= 15 is 0 Å². The molecule has 1 aromatic carbocycles. The number of hydrazone groups is 1. The lowest BCUT2D eigenvalue weighted by molar-refractivity contribution is -0.231. The van der Waals surface area contributed by atoms with E-state index in [4.69, 9.17) is 10.5 Å². The van der Waals surface area contributed by atoms with Crippen molar-refractivity contribution in [2.75, 3.05) is 6.61 Å². The Labute approximate surface area is 132 Å². The lowest BCUT2D eigenvalue weighted by Crippen LogP contribution is -2.55. The fourth-order valence-electron chi connectivity index (χ4n) is 2.32. The molecule has 126 valence electrons. The fraction of sp³-hybridized carbons (Fsp3) is 0.429. The van der Waals surface area contributed by atoms with Crippen molar-refractivity contribution in [3.05, 3.63) is 35.4 Å². The minimum Gasteiger partial charge on any atom is -0.394 e. The summed E-state index contributed by atoms with van der Waals surface area (Å²) in [6.45, 7) is -0.481. The molecule has 7 N–H and O–H groups in total. The standard InChI is InChI=1S/C14H19N3O6/c15-14(22)17-16-5-7-1-3-8(4-2-7)13-12(21)11(20)10(19)9(6-18)23-13/h1-5,9-13,18-21H,6H2,(H3,15,17,22)/t9-,10-,11-,12-,13+/m1/s1. The zero-order valence-corrected chi connectivity index (χ0v) is 12.1. The summed E-state index contributed by atoms with van der Waals surface area (Å²) >= 11 is 0. The van der Waals surface area contributed by atoms with Gasteiger partial charge in [-0.05, 0) is 11.1 Å². The second-order valence-corrected chi connectivity index (χ2v) is 5.15. The number of carbonyl (C=O) groups is 1. The summed E-state index contributed by atoms with van der Waals surface area (Å²) in [6, 6.07) is 5.81. The van der Waals surface area contributed by atoms with Crippen molar-refractivity contribution in [2.24, 2.45) is 10.8 Å². The quantitative estimate of drug-likeness (QED) is 0.283. The fourth-order valence-corrected chi connectivity index (χ4v) is 2.32. The van der Waals surface area contributed by atoms with Crippen LogP contribution >= 0.6 is 0 Å². The summed E-state index contributed by atoms with van der Waals surface area (Å²) in [4.78, 5) is 10.5. The van der Waals surface area contributed by atoms with Crippen LogP contribution in [0.3, 0.4) is 0 Å². The van der Waals surface area contributed by atoms with E-state index in [0.29, 0.717) is 11.1 Å². The Balaban J connectivity index is 2.11. The first-order chi connectivity index (χ1) is 10.9. The summed E-state index contributed by atoms with van der Waals surface area (Å²) in [5.74, 6) is 0. The largest absolute Gasteiger partial charge is 0.394 e. The van der Waals surface area contributed by atoms with E-state index in [2.05, 4.69) is 10.5 Å². The van der Waals surface area contributed by atoms with Gasteiger partial charge in [0.2, 0.25) is 0 Å². The van der Waals surface area contributed by atoms with E-state index in [1.54, 1.807) is 24.3 Å². The van der Waals surface area contributed by atoms with Gasteiger partial charge < -0.3 is 30.9 Å². The molecule has 2 rings (SSSR count). The van der Waals surface area contributed by atoms with Gasteiger partial charge in [0.1, 0.15) is 30.5 Å². The smallest absolute Gasteiger partial charge is 0.332 e. The second kappa shape index (κ2) is 7.49. The van der Waals surface area contributed by atoms with Crippen molar-refractivity contribution < 1.29 is 30.0 Å². The highest BCUT2D eigenvalue weighted by molar-refractivity contribution is 5.81. The first-order valence-electron chi connectivity index (χ1n) is 6.93. The van der Waals surface area contributed by atoms with Crippen LogP contribution in [0.5, 0.6) is 0 Å². The van der Waals surface area contributed by atoms with E-state index in [1.165, 1.54) is 6.21 Å². The molecule has 1 aliphatic heterocycles. The summed E-state index contributed by atoms with van der Waals surface area (Å²) in [6.07, 6.45) is -4.62. The maximum absolute atomic E-state index is 10.5. The lowest BCUT2D eigenvalue weighted by atomic mass is 9.91. The zero-order valence-electron chi connectivity index (χ0n) is 12.1. The SMILES string of the molecule is NC(=O)NN=Cc1ccc([C@@H]2O[C@H](CO)[C@@H](O)[C@@H](O)[C@H]2O)cc1. The van der Waals surface area contributed by atoms with Gasteiger partial charge in [0.25, 0.3) is 0 Å². The van der Waals surface area contributed by atoms with Crippen molar-refractivity contribution in [1.29, 1.82) is 0 Å². The molecule has 0 aliphatic carbocycles. The van der Waals surface area contributed by atoms with Crippen LogP contribution in [0.15, 0.2) is 29.4 Å². The van der Waals surface area contributed by atoms with Crippen LogP contribution in [-0.2, 0) is 4.74 Å². The van der Waals surface area contributed by atoms with Crippen LogP contribution in [0.4, 0.5) is 4.79 Å². The van der Waals surface area contributed by atoms with E-state index in [-0.39, 0.29) is 0 Å². The van der Waals surface area contributed by atoms with Gasteiger partial charge in [-0.1, -0.05) is 24.3 Å². The lowest BCUT2D eigenvalue weighted by Gasteiger charge is -2.40. The first kappa shape index (κ1) is 17.3. The van der Waals surface area contributed by atoms with Gasteiger partial charge >= 0.3 is 6.03 Å². The molecule has 9 nitrogen and oxygen atoms in total. The average molecular weight is 325 g/mol. The van der Waals surface area contributed by atoms with Gasteiger partial charge in [-0.2, -0.15) is 5.10 Å². The van der Waals surface area contributed by atoms with Gasteiger partial charge in [-0.3, -0.25) is 0 Å². The molecule has 1 fully saturated rings. The number of hydrogen-bond donors (Lipinski definition) is 6. The molecule has 0 unspecified atom stereocenters. The van der Waals surface area contributed by atoms with E-state index < -0.39 is 43.2 Å². The highest BCUT2D eigenvalue weighted by Crippen LogP contribution is 2.32. The van der Waals surface area contributed by atoms with Gasteiger partial charge in [-0.25, -0.2) is 10.2 Å². The Bertz CT molecular complexity index is 562. The summed E-state index contributed by atoms with van der Waals surface area (Å²) in [7, 11) is 0. The molecule has 1 aliphatic rings. The number of aliphatic hydroxyl groups is 4. The molecule has 1 saturated heterocycles. The summed E-state index contributed by atoms with van der Waals surface area (Å²) in [5.41, 5.74) is 8.15. The molecule has 5 atom stereocenters. The molecular weight excluding hydrogens is 306 g/mol. The molecule has 0 radical (unpaired) electrons. The molecule has 9 heteroatoms. The van der Waals surface area contributed by atoms with Crippen LogP contribution in [0, 0.1) is 0 Å². The molecule has 0 saturated carbocycles. The first-order valence-corrected chi connectivity index (χ1v) is 6.93. The minimum atomic E-state index is -1.42. The third-order valence-corrected chi connectivity index (χ3v) is 3.55. The Hall–Kier alpha value is -2.04. The molecular formula is C14H19N3O6. The maximum atomic E-state index is 10.5. The summed E-state index contributed by atoms with van der Waals surface area (Å²) < 4.78 is 5.45. The predicted octanol–water partition coefficient (Wildman–Crippen LogP) is -1.80. The van der Waals surface area contributed by atoms with E-state index in [0.717, 1.165) is 0 Å². The number of benzene rings is 1. The van der Waals surface area contributed by atoms with Crippen molar-refractivity contribution in [3.63, 3.8) is 0 Å². The number of carbonyl (C=O) groups excluding carboxylic acids is 1. The number of nitrogens with one attached hydrogen (secondary N) is 1.